The van der Waals surface area contributed by atoms with Crippen molar-refractivity contribution in [2.45, 2.75) is 6.42 Å². The van der Waals surface area contributed by atoms with Crippen molar-refractivity contribution < 1.29 is 19.0 Å². The highest BCUT2D eigenvalue weighted by Crippen LogP contribution is 2.39. The Kier molecular flexibility index (Phi) is 8.76. The van der Waals surface area contributed by atoms with E-state index in [2.05, 4.69) is 50.7 Å². The van der Waals surface area contributed by atoms with Gasteiger partial charge in [-0.25, -0.2) is 19.9 Å². The lowest BCUT2D eigenvalue weighted by Gasteiger charge is -2.36. The SMILES string of the molecule is COc1cc(Cc2cnc(/N=C3\C(=O)N(CN4CCN(c5ncccn5)CC4)c4ccc(Br)cc43)nc2N)cc(OC)c1OC. The fourth-order valence-electron chi connectivity index (χ4n) is 5.44. The first-order valence-corrected chi connectivity index (χ1v) is 15.0. The van der Waals surface area contributed by atoms with Crippen molar-refractivity contribution >= 4 is 51.0 Å². The Morgan fingerprint density at radius 2 is 1.67 bits per heavy atom. The highest BCUT2D eigenvalue weighted by Gasteiger charge is 2.36. The van der Waals surface area contributed by atoms with Crippen molar-refractivity contribution in [3.05, 3.63) is 76.2 Å². The molecule has 2 aliphatic rings. The quantitative estimate of drug-likeness (QED) is 0.279. The predicted octanol–water partition coefficient (Wildman–Crippen LogP) is 3.48. The van der Waals surface area contributed by atoms with E-state index in [1.54, 1.807) is 50.9 Å². The maximum atomic E-state index is 13.8. The normalized spacial score (nSPS) is 15.8. The number of nitrogen functional groups attached to an aromatic ring is 1. The van der Waals surface area contributed by atoms with Crippen LogP contribution in [0.1, 0.15) is 16.7 Å². The molecule has 0 saturated carbocycles. The van der Waals surface area contributed by atoms with Crippen LogP contribution in [0.5, 0.6) is 17.2 Å². The van der Waals surface area contributed by atoms with E-state index in [9.17, 15) is 4.79 Å². The standard InChI is InChI=1S/C31H32BrN9O4/c1-43-24-14-19(15-25(44-2)27(24)45-3)13-20-17-36-30(38-28(20)33)37-26-22-16-21(32)5-6-23(22)41(29(26)42)18-39-9-11-40(12-10-39)31-34-7-4-8-35-31/h4-8,14-17H,9-13,18H2,1-3H3,(H2,33,36,38)/b37-26-. The maximum absolute atomic E-state index is 13.8. The number of fused-ring (bicyclic) bond motifs is 1. The molecule has 13 nitrogen and oxygen atoms in total. The zero-order valence-corrected chi connectivity index (χ0v) is 26.7. The first-order chi connectivity index (χ1) is 21.9. The number of nitrogens with two attached hydrogens (primary N) is 1. The average Bonchev–Trinajstić information content (AvgIpc) is 3.31. The van der Waals surface area contributed by atoms with E-state index in [-0.39, 0.29) is 23.4 Å². The van der Waals surface area contributed by atoms with Gasteiger partial charge in [0.1, 0.15) is 11.5 Å². The van der Waals surface area contributed by atoms with Crippen molar-refractivity contribution in [3.8, 4) is 17.2 Å². The summed E-state index contributed by atoms with van der Waals surface area (Å²) in [6.07, 6.45) is 5.54. The number of hydrogen-bond acceptors (Lipinski definition) is 12. The number of aliphatic imine (C=N–C) groups is 1. The fourth-order valence-corrected chi connectivity index (χ4v) is 5.80. The molecule has 1 amide bonds. The summed E-state index contributed by atoms with van der Waals surface area (Å²) in [6, 6.07) is 11.2. The van der Waals surface area contributed by atoms with E-state index in [1.165, 1.54) is 0 Å². The van der Waals surface area contributed by atoms with E-state index < -0.39 is 0 Å². The molecule has 2 N–H and O–H groups in total. The summed E-state index contributed by atoms with van der Waals surface area (Å²) in [7, 11) is 4.69. The van der Waals surface area contributed by atoms with Gasteiger partial charge in [-0.2, -0.15) is 4.98 Å². The van der Waals surface area contributed by atoms with Gasteiger partial charge in [0, 0.05) is 66.8 Å². The molecule has 0 aliphatic carbocycles. The first kappa shape index (κ1) is 30.2. The third-order valence-corrected chi connectivity index (χ3v) is 8.21. The largest absolute Gasteiger partial charge is 0.493 e. The van der Waals surface area contributed by atoms with Gasteiger partial charge in [0.15, 0.2) is 11.5 Å². The molecule has 4 heterocycles. The van der Waals surface area contributed by atoms with E-state index in [0.717, 1.165) is 41.9 Å². The highest BCUT2D eigenvalue weighted by molar-refractivity contribution is 9.10. The Bertz CT molecular complexity index is 1720. The second-order valence-electron chi connectivity index (χ2n) is 10.4. The fraction of sp³-hybridized carbons (Fsp3) is 0.290. The predicted molar refractivity (Wildman–Crippen MR) is 174 cm³/mol. The highest BCUT2D eigenvalue weighted by atomic mass is 79.9. The van der Waals surface area contributed by atoms with E-state index in [0.29, 0.717) is 47.4 Å². The Hall–Kier alpha value is -4.82. The smallest absolute Gasteiger partial charge is 0.278 e. The van der Waals surface area contributed by atoms with Crippen molar-refractivity contribution in [1.82, 2.24) is 24.8 Å². The third kappa shape index (κ3) is 6.24. The first-order valence-electron chi connectivity index (χ1n) is 14.2. The molecule has 0 atom stereocenters. The van der Waals surface area contributed by atoms with Gasteiger partial charge in [-0.1, -0.05) is 15.9 Å². The number of methoxy groups -OCH3 is 3. The number of nitrogens with zero attached hydrogens (tertiary/aromatic N) is 8. The molecular formula is C31H32BrN9O4. The van der Waals surface area contributed by atoms with Crippen molar-refractivity contribution in [2.75, 3.05) is 69.7 Å². The summed E-state index contributed by atoms with van der Waals surface area (Å²) >= 11 is 3.54. The van der Waals surface area contributed by atoms with Gasteiger partial charge in [0.25, 0.3) is 11.9 Å². The zero-order chi connectivity index (χ0) is 31.5. The van der Waals surface area contributed by atoms with Crippen LogP contribution in [-0.4, -0.2) is 90.6 Å². The van der Waals surface area contributed by atoms with E-state index in [4.69, 9.17) is 19.9 Å². The number of carbonyl (C=O) groups excluding carboxylic acids is 1. The Morgan fingerprint density at radius 1 is 0.956 bits per heavy atom. The van der Waals surface area contributed by atoms with Crippen LogP contribution in [-0.2, 0) is 11.2 Å². The number of ether oxygens (including phenoxy) is 3. The Labute approximate surface area is 268 Å². The van der Waals surface area contributed by atoms with Gasteiger partial charge in [-0.15, -0.1) is 0 Å². The van der Waals surface area contributed by atoms with Crippen LogP contribution in [0.3, 0.4) is 0 Å². The van der Waals surface area contributed by atoms with E-state index in [1.807, 2.05) is 30.3 Å². The van der Waals surface area contributed by atoms with Crippen molar-refractivity contribution in [3.63, 3.8) is 0 Å². The topological polar surface area (TPSA) is 144 Å². The molecule has 45 heavy (non-hydrogen) atoms. The van der Waals surface area contributed by atoms with Gasteiger partial charge in [0.05, 0.1) is 33.7 Å². The van der Waals surface area contributed by atoms with Gasteiger partial charge in [-0.05, 0) is 42.0 Å². The molecule has 2 aliphatic heterocycles. The van der Waals surface area contributed by atoms with Crippen LogP contribution >= 0.6 is 15.9 Å². The average molecular weight is 675 g/mol. The minimum atomic E-state index is -0.222. The number of rotatable bonds is 9. The van der Waals surface area contributed by atoms with E-state index >= 15 is 0 Å². The number of amides is 1. The van der Waals surface area contributed by atoms with Crippen LogP contribution in [0.15, 0.2) is 64.5 Å². The Morgan fingerprint density at radius 3 is 2.31 bits per heavy atom. The Balaban J connectivity index is 1.21. The molecule has 0 unspecified atom stereocenters. The molecule has 4 aromatic rings. The van der Waals surface area contributed by atoms with Crippen LogP contribution in [0.4, 0.5) is 23.4 Å². The van der Waals surface area contributed by atoms with Gasteiger partial charge in [-0.3, -0.25) is 14.6 Å². The minimum absolute atomic E-state index is 0.105. The molecule has 0 radical (unpaired) electrons. The molecule has 2 aromatic heterocycles. The molecule has 1 saturated heterocycles. The minimum Gasteiger partial charge on any atom is -0.493 e. The molecule has 0 bridgehead atoms. The molecule has 0 spiro atoms. The third-order valence-electron chi connectivity index (χ3n) is 7.72. The molecule has 6 rings (SSSR count). The molecular weight excluding hydrogens is 642 g/mol. The summed E-state index contributed by atoms with van der Waals surface area (Å²) in [6.45, 7) is 3.46. The molecule has 232 valence electrons. The summed E-state index contributed by atoms with van der Waals surface area (Å²) in [5.41, 5.74) is 9.68. The number of anilines is 3. The zero-order valence-electron chi connectivity index (χ0n) is 25.1. The van der Waals surface area contributed by atoms with Crippen molar-refractivity contribution in [2.24, 2.45) is 4.99 Å². The molecule has 1 fully saturated rings. The van der Waals surface area contributed by atoms with Crippen LogP contribution in [0, 0.1) is 0 Å². The summed E-state index contributed by atoms with van der Waals surface area (Å²) in [5.74, 6) is 2.44. The number of carbonyl (C=O) groups is 1. The number of aromatic nitrogens is 4. The van der Waals surface area contributed by atoms with Gasteiger partial charge >= 0.3 is 0 Å². The summed E-state index contributed by atoms with van der Waals surface area (Å²) in [4.78, 5) is 42.1. The summed E-state index contributed by atoms with van der Waals surface area (Å²) < 4.78 is 17.2. The molecule has 14 heteroatoms. The number of benzene rings is 2. The molecule has 2 aromatic carbocycles. The van der Waals surface area contributed by atoms with Crippen LogP contribution in [0.25, 0.3) is 0 Å². The lowest BCUT2D eigenvalue weighted by Crippen LogP contribution is -2.51. The van der Waals surface area contributed by atoms with Gasteiger partial charge < -0.3 is 24.8 Å². The van der Waals surface area contributed by atoms with Crippen molar-refractivity contribution in [1.29, 1.82) is 0 Å². The maximum Gasteiger partial charge on any atom is 0.278 e. The lowest BCUT2D eigenvalue weighted by atomic mass is 10.1. The monoisotopic (exact) mass is 673 g/mol. The number of hydrogen-bond donors (Lipinski definition) is 1. The second kappa shape index (κ2) is 13.0. The second-order valence-corrected chi connectivity index (χ2v) is 11.4. The van der Waals surface area contributed by atoms with Gasteiger partial charge in [0.2, 0.25) is 11.7 Å². The van der Waals surface area contributed by atoms with Crippen LogP contribution in [0.2, 0.25) is 0 Å². The number of piperazine rings is 1. The lowest BCUT2D eigenvalue weighted by molar-refractivity contribution is -0.112. The van der Waals surface area contributed by atoms with Crippen LogP contribution < -0.4 is 29.7 Å². The number of halogens is 1. The summed E-state index contributed by atoms with van der Waals surface area (Å²) in [5, 5.41) is 0.